The highest BCUT2D eigenvalue weighted by molar-refractivity contribution is 7.99. The van der Waals surface area contributed by atoms with Crippen LogP contribution in [-0.2, 0) is 16.1 Å². The van der Waals surface area contributed by atoms with Gasteiger partial charge in [0.2, 0.25) is 5.91 Å². The number of halogens is 2. The van der Waals surface area contributed by atoms with E-state index in [2.05, 4.69) is 20.8 Å². The Kier molecular flexibility index (Phi) is 9.76. The molecule has 0 aliphatic heterocycles. The van der Waals surface area contributed by atoms with Crippen LogP contribution in [0.1, 0.15) is 12.7 Å². The SMILES string of the molecule is CCOc1ccc(-n2c(CNC(=O)COc3ccc(Cl)cc3)nnc2SCC(=O)Nc2ccc(F)cc2)cc1. The number of aromatic nitrogens is 3. The monoisotopic (exact) mass is 569 g/mol. The molecule has 0 aliphatic carbocycles. The van der Waals surface area contributed by atoms with Gasteiger partial charge in [0.05, 0.1) is 18.9 Å². The van der Waals surface area contributed by atoms with Crippen molar-refractivity contribution >= 4 is 40.9 Å². The smallest absolute Gasteiger partial charge is 0.258 e. The molecule has 1 heterocycles. The first-order valence-corrected chi connectivity index (χ1v) is 13.3. The first kappa shape index (κ1) is 27.9. The van der Waals surface area contributed by atoms with Crippen LogP contribution in [0.25, 0.3) is 5.69 Å². The molecule has 202 valence electrons. The molecule has 3 aromatic carbocycles. The fourth-order valence-electron chi connectivity index (χ4n) is 3.39. The molecule has 0 aliphatic rings. The minimum Gasteiger partial charge on any atom is -0.494 e. The Hall–Kier alpha value is -4.09. The molecule has 0 bridgehead atoms. The van der Waals surface area contributed by atoms with Crippen molar-refractivity contribution in [3.63, 3.8) is 0 Å². The topological polar surface area (TPSA) is 107 Å². The Morgan fingerprint density at radius 2 is 1.59 bits per heavy atom. The highest BCUT2D eigenvalue weighted by Gasteiger charge is 2.17. The van der Waals surface area contributed by atoms with Gasteiger partial charge in [0, 0.05) is 16.4 Å². The minimum absolute atomic E-state index is 0.0355. The van der Waals surface area contributed by atoms with E-state index < -0.39 is 0 Å². The van der Waals surface area contributed by atoms with Crippen LogP contribution < -0.4 is 20.1 Å². The number of ether oxygens (including phenoxy) is 2. The molecule has 0 atom stereocenters. The molecule has 0 saturated heterocycles. The summed E-state index contributed by atoms with van der Waals surface area (Å²) in [6.45, 7) is 2.32. The lowest BCUT2D eigenvalue weighted by molar-refractivity contribution is -0.123. The lowest BCUT2D eigenvalue weighted by Crippen LogP contribution is -2.29. The van der Waals surface area contributed by atoms with Crippen molar-refractivity contribution in [2.24, 2.45) is 0 Å². The Bertz CT molecular complexity index is 1400. The van der Waals surface area contributed by atoms with Crippen molar-refractivity contribution < 1.29 is 23.5 Å². The van der Waals surface area contributed by atoms with Gasteiger partial charge in [0.15, 0.2) is 17.6 Å². The van der Waals surface area contributed by atoms with Gasteiger partial charge in [-0.2, -0.15) is 0 Å². The van der Waals surface area contributed by atoms with Gasteiger partial charge in [-0.1, -0.05) is 23.4 Å². The molecule has 0 radical (unpaired) electrons. The van der Waals surface area contributed by atoms with Crippen LogP contribution in [0.5, 0.6) is 11.5 Å². The molecule has 1 aromatic heterocycles. The number of amides is 2. The van der Waals surface area contributed by atoms with Crippen LogP contribution in [0.4, 0.5) is 10.1 Å². The number of hydrogen-bond donors (Lipinski definition) is 2. The zero-order chi connectivity index (χ0) is 27.6. The van der Waals surface area contributed by atoms with Gasteiger partial charge in [-0.3, -0.25) is 14.2 Å². The zero-order valence-corrected chi connectivity index (χ0v) is 22.5. The van der Waals surface area contributed by atoms with Crippen molar-refractivity contribution in [2.75, 3.05) is 24.3 Å². The van der Waals surface area contributed by atoms with Crippen LogP contribution in [0.15, 0.2) is 78.0 Å². The Morgan fingerprint density at radius 1 is 0.923 bits per heavy atom. The summed E-state index contributed by atoms with van der Waals surface area (Å²) in [5, 5.41) is 15.0. The maximum absolute atomic E-state index is 13.1. The Labute approximate surface area is 233 Å². The second-order valence-electron chi connectivity index (χ2n) is 8.02. The number of hydrogen-bond acceptors (Lipinski definition) is 7. The van der Waals surface area contributed by atoms with E-state index in [9.17, 15) is 14.0 Å². The van der Waals surface area contributed by atoms with Crippen LogP contribution in [0.2, 0.25) is 5.02 Å². The molecule has 9 nitrogen and oxygen atoms in total. The van der Waals surface area contributed by atoms with Gasteiger partial charge in [-0.05, 0) is 79.7 Å². The second kappa shape index (κ2) is 13.6. The quantitative estimate of drug-likeness (QED) is 0.234. The van der Waals surface area contributed by atoms with Gasteiger partial charge >= 0.3 is 0 Å². The van der Waals surface area contributed by atoms with Gasteiger partial charge in [0.1, 0.15) is 17.3 Å². The molecule has 39 heavy (non-hydrogen) atoms. The Morgan fingerprint density at radius 3 is 2.28 bits per heavy atom. The largest absolute Gasteiger partial charge is 0.494 e. The van der Waals surface area contributed by atoms with E-state index in [4.69, 9.17) is 21.1 Å². The van der Waals surface area contributed by atoms with Gasteiger partial charge in [0.25, 0.3) is 5.91 Å². The molecule has 4 rings (SSSR count). The van der Waals surface area contributed by atoms with E-state index in [-0.39, 0.29) is 36.5 Å². The van der Waals surface area contributed by atoms with E-state index in [0.717, 1.165) is 5.69 Å². The Balaban J connectivity index is 1.43. The van der Waals surface area contributed by atoms with Crippen LogP contribution in [-0.4, -0.2) is 45.5 Å². The maximum atomic E-state index is 13.1. The fraction of sp³-hybridized carbons (Fsp3) is 0.185. The average Bonchev–Trinajstić information content (AvgIpc) is 3.35. The van der Waals surface area contributed by atoms with Crippen LogP contribution in [0, 0.1) is 5.82 Å². The second-order valence-corrected chi connectivity index (χ2v) is 9.40. The summed E-state index contributed by atoms with van der Waals surface area (Å²) in [4.78, 5) is 24.9. The van der Waals surface area contributed by atoms with E-state index in [1.54, 1.807) is 28.8 Å². The highest BCUT2D eigenvalue weighted by atomic mass is 35.5. The molecule has 2 N–H and O–H groups in total. The summed E-state index contributed by atoms with van der Waals surface area (Å²) in [6, 6.07) is 19.5. The summed E-state index contributed by atoms with van der Waals surface area (Å²) in [7, 11) is 0. The number of carbonyl (C=O) groups excluding carboxylic acids is 2. The summed E-state index contributed by atoms with van der Waals surface area (Å²) in [5.74, 6) is 0.693. The van der Waals surface area contributed by atoms with Crippen molar-refractivity contribution in [1.82, 2.24) is 20.1 Å². The number of carbonyl (C=O) groups is 2. The van der Waals surface area contributed by atoms with Crippen molar-refractivity contribution in [3.05, 3.63) is 89.5 Å². The standard InChI is InChI=1S/C27H25ClFN5O4S/c1-2-37-22-13-9-21(10-14-22)34-24(15-30-25(35)16-38-23-11-3-18(28)4-12-23)32-33-27(34)39-17-26(36)31-20-7-5-19(29)6-8-20/h3-14H,2,15-17H2,1H3,(H,30,35)(H,31,36). The van der Waals surface area contributed by atoms with Gasteiger partial charge in [-0.15, -0.1) is 10.2 Å². The fourth-order valence-corrected chi connectivity index (χ4v) is 4.29. The summed E-state index contributed by atoms with van der Waals surface area (Å²) in [6.07, 6.45) is 0. The van der Waals surface area contributed by atoms with E-state index in [1.807, 2.05) is 31.2 Å². The molecule has 0 unspecified atom stereocenters. The third kappa shape index (κ3) is 8.20. The molecule has 2 amide bonds. The molecule has 0 saturated carbocycles. The van der Waals surface area contributed by atoms with Crippen molar-refractivity contribution in [2.45, 2.75) is 18.6 Å². The predicted molar refractivity (Wildman–Crippen MR) is 147 cm³/mol. The lowest BCUT2D eigenvalue weighted by Gasteiger charge is -2.12. The summed E-state index contributed by atoms with van der Waals surface area (Å²) in [5.41, 5.74) is 1.21. The lowest BCUT2D eigenvalue weighted by atomic mass is 10.3. The molecule has 0 spiro atoms. The number of anilines is 1. The summed E-state index contributed by atoms with van der Waals surface area (Å²) >= 11 is 7.05. The summed E-state index contributed by atoms with van der Waals surface area (Å²) < 4.78 is 25.9. The van der Waals surface area contributed by atoms with E-state index in [1.165, 1.54) is 36.0 Å². The molecule has 0 fully saturated rings. The molecule has 4 aromatic rings. The van der Waals surface area contributed by atoms with Crippen molar-refractivity contribution in [3.8, 4) is 17.2 Å². The number of benzene rings is 3. The number of nitrogens with zero attached hydrogens (tertiary/aromatic N) is 3. The normalized spacial score (nSPS) is 10.6. The maximum Gasteiger partial charge on any atom is 0.258 e. The molecular formula is C27H25ClFN5O4S. The number of rotatable bonds is 12. The molecule has 12 heteroatoms. The van der Waals surface area contributed by atoms with E-state index >= 15 is 0 Å². The van der Waals surface area contributed by atoms with Gasteiger partial charge < -0.3 is 20.1 Å². The predicted octanol–water partition coefficient (Wildman–Crippen LogP) is 4.88. The zero-order valence-electron chi connectivity index (χ0n) is 20.9. The average molecular weight is 570 g/mol. The third-order valence-corrected chi connectivity index (χ3v) is 6.37. The highest BCUT2D eigenvalue weighted by Crippen LogP contribution is 2.24. The first-order chi connectivity index (χ1) is 18.9. The van der Waals surface area contributed by atoms with E-state index in [0.29, 0.717) is 39.8 Å². The first-order valence-electron chi connectivity index (χ1n) is 11.9. The molecular weight excluding hydrogens is 545 g/mol. The van der Waals surface area contributed by atoms with Crippen LogP contribution in [0.3, 0.4) is 0 Å². The van der Waals surface area contributed by atoms with Crippen molar-refractivity contribution in [1.29, 1.82) is 0 Å². The van der Waals surface area contributed by atoms with Crippen LogP contribution >= 0.6 is 23.4 Å². The third-order valence-electron chi connectivity index (χ3n) is 5.19. The number of thioether (sulfide) groups is 1. The van der Waals surface area contributed by atoms with Gasteiger partial charge in [-0.25, -0.2) is 4.39 Å². The number of nitrogens with one attached hydrogen (secondary N) is 2. The minimum atomic E-state index is -0.387.